The molecule has 2 rings (SSSR count). The monoisotopic (exact) mass is 347 g/mol. The number of nitrogens with one attached hydrogen (secondary N) is 1. The van der Waals surface area contributed by atoms with Crippen molar-refractivity contribution in [3.63, 3.8) is 0 Å². The molecule has 1 aliphatic heterocycles. The molecule has 0 atom stereocenters. The Morgan fingerprint density at radius 2 is 2.14 bits per heavy atom. The molecular formula is C13H21N3O4S2. The predicted octanol–water partition coefficient (Wildman–Crippen LogP) is 0.0604. The maximum absolute atomic E-state index is 12.5. The standard InChI is InChI=1S/C13H21N3O4S2/c1-14-3-4-15(2)13(17)11-9-12(21-10-11)22(18,19)16-5-7-20-8-6-16/h9-10,14H,3-8H2,1-2H3. The quantitative estimate of drug-likeness (QED) is 0.787. The fourth-order valence-electron chi connectivity index (χ4n) is 2.08. The summed E-state index contributed by atoms with van der Waals surface area (Å²) < 4.78 is 31.8. The minimum Gasteiger partial charge on any atom is -0.379 e. The second-order valence-corrected chi connectivity index (χ2v) is 8.08. The van der Waals surface area contributed by atoms with Gasteiger partial charge in [0.15, 0.2) is 0 Å². The average Bonchev–Trinajstić information content (AvgIpc) is 3.03. The van der Waals surface area contributed by atoms with E-state index < -0.39 is 10.0 Å². The molecular weight excluding hydrogens is 326 g/mol. The number of hydrogen-bond donors (Lipinski definition) is 1. The minimum atomic E-state index is -3.53. The highest BCUT2D eigenvalue weighted by Crippen LogP contribution is 2.25. The molecule has 2 heterocycles. The van der Waals surface area contributed by atoms with Gasteiger partial charge in [-0.05, 0) is 13.1 Å². The fraction of sp³-hybridized carbons (Fsp3) is 0.615. The molecule has 1 aliphatic rings. The van der Waals surface area contributed by atoms with Gasteiger partial charge in [-0.1, -0.05) is 0 Å². The zero-order valence-corrected chi connectivity index (χ0v) is 14.4. The van der Waals surface area contributed by atoms with Crippen LogP contribution in [-0.2, 0) is 14.8 Å². The number of carbonyl (C=O) groups is 1. The van der Waals surface area contributed by atoms with E-state index in [9.17, 15) is 13.2 Å². The van der Waals surface area contributed by atoms with Crippen molar-refractivity contribution in [1.82, 2.24) is 14.5 Å². The van der Waals surface area contributed by atoms with Crippen LogP contribution in [0.3, 0.4) is 0 Å². The number of hydrogen-bond acceptors (Lipinski definition) is 6. The Kier molecular flexibility index (Phi) is 5.93. The van der Waals surface area contributed by atoms with E-state index in [1.807, 2.05) is 7.05 Å². The number of nitrogens with zero attached hydrogens (tertiary/aromatic N) is 2. The first kappa shape index (κ1) is 17.4. The van der Waals surface area contributed by atoms with Crippen molar-refractivity contribution in [1.29, 1.82) is 0 Å². The highest BCUT2D eigenvalue weighted by Gasteiger charge is 2.28. The van der Waals surface area contributed by atoms with Crippen molar-refractivity contribution in [2.24, 2.45) is 0 Å². The molecule has 1 N–H and O–H groups in total. The van der Waals surface area contributed by atoms with Crippen LogP contribution >= 0.6 is 11.3 Å². The van der Waals surface area contributed by atoms with E-state index in [-0.39, 0.29) is 10.1 Å². The number of carbonyl (C=O) groups excluding carboxylic acids is 1. The van der Waals surface area contributed by atoms with Gasteiger partial charge >= 0.3 is 0 Å². The van der Waals surface area contributed by atoms with E-state index in [1.54, 1.807) is 17.3 Å². The van der Waals surface area contributed by atoms with Gasteiger partial charge in [-0.3, -0.25) is 4.79 Å². The summed E-state index contributed by atoms with van der Waals surface area (Å²) in [6.45, 7) is 2.77. The minimum absolute atomic E-state index is 0.171. The highest BCUT2D eigenvalue weighted by molar-refractivity contribution is 7.91. The van der Waals surface area contributed by atoms with Crippen molar-refractivity contribution in [3.05, 3.63) is 17.0 Å². The van der Waals surface area contributed by atoms with Gasteiger partial charge in [0.1, 0.15) is 4.21 Å². The summed E-state index contributed by atoms with van der Waals surface area (Å²) in [5, 5.41) is 4.57. The normalized spacial score (nSPS) is 16.6. The van der Waals surface area contributed by atoms with Crippen LogP contribution in [0.25, 0.3) is 0 Å². The van der Waals surface area contributed by atoms with Crippen LogP contribution in [0.1, 0.15) is 10.4 Å². The lowest BCUT2D eigenvalue weighted by Gasteiger charge is -2.25. The predicted molar refractivity (Wildman–Crippen MR) is 84.8 cm³/mol. The number of thiophene rings is 1. The van der Waals surface area contributed by atoms with E-state index in [1.165, 1.54) is 10.4 Å². The van der Waals surface area contributed by atoms with Gasteiger partial charge in [0.25, 0.3) is 15.9 Å². The van der Waals surface area contributed by atoms with Crippen molar-refractivity contribution in [3.8, 4) is 0 Å². The van der Waals surface area contributed by atoms with Gasteiger partial charge in [-0.2, -0.15) is 4.31 Å². The second-order valence-electron chi connectivity index (χ2n) is 5.00. The third kappa shape index (κ3) is 3.85. The van der Waals surface area contributed by atoms with Crippen LogP contribution in [0, 0.1) is 0 Å². The smallest absolute Gasteiger partial charge is 0.254 e. The van der Waals surface area contributed by atoms with Crippen LogP contribution in [0.5, 0.6) is 0 Å². The number of sulfonamides is 1. The molecule has 1 aromatic rings. The zero-order valence-electron chi connectivity index (χ0n) is 12.7. The van der Waals surface area contributed by atoms with Crippen LogP contribution in [0.15, 0.2) is 15.7 Å². The maximum atomic E-state index is 12.5. The van der Waals surface area contributed by atoms with E-state index in [0.29, 0.717) is 45.0 Å². The third-order valence-electron chi connectivity index (χ3n) is 3.43. The Morgan fingerprint density at radius 3 is 2.77 bits per heavy atom. The Morgan fingerprint density at radius 1 is 1.45 bits per heavy atom. The van der Waals surface area contributed by atoms with E-state index in [0.717, 1.165) is 11.3 Å². The summed E-state index contributed by atoms with van der Waals surface area (Å²) in [7, 11) is -0.0113. The Hall–Kier alpha value is -1.00. The fourth-order valence-corrected chi connectivity index (χ4v) is 4.79. The van der Waals surface area contributed by atoms with Crippen molar-refractivity contribution in [2.75, 3.05) is 53.5 Å². The Bertz CT molecular complexity index is 609. The zero-order chi connectivity index (χ0) is 16.2. The maximum Gasteiger partial charge on any atom is 0.254 e. The molecule has 7 nitrogen and oxygen atoms in total. The lowest BCUT2D eigenvalue weighted by molar-refractivity contribution is 0.0731. The molecule has 1 fully saturated rings. The Labute approximate surface area is 134 Å². The molecule has 22 heavy (non-hydrogen) atoms. The van der Waals surface area contributed by atoms with Gasteiger partial charge < -0.3 is 15.0 Å². The van der Waals surface area contributed by atoms with Crippen LogP contribution in [0.4, 0.5) is 0 Å². The number of ether oxygens (including phenoxy) is 1. The summed E-state index contributed by atoms with van der Waals surface area (Å²) in [4.78, 5) is 13.8. The van der Waals surface area contributed by atoms with Crippen LogP contribution in [0.2, 0.25) is 0 Å². The van der Waals surface area contributed by atoms with Gasteiger partial charge in [0, 0.05) is 38.6 Å². The molecule has 1 saturated heterocycles. The molecule has 0 saturated carbocycles. The first-order valence-corrected chi connectivity index (χ1v) is 9.35. The van der Waals surface area contributed by atoms with Crippen LogP contribution < -0.4 is 5.32 Å². The molecule has 0 aromatic carbocycles. The highest BCUT2D eigenvalue weighted by atomic mass is 32.2. The number of rotatable bonds is 6. The molecule has 0 unspecified atom stereocenters. The Balaban J connectivity index is 2.11. The molecule has 1 aromatic heterocycles. The summed E-state index contributed by atoms with van der Waals surface area (Å²) in [5.74, 6) is -0.171. The number of morpholine rings is 1. The van der Waals surface area contributed by atoms with Gasteiger partial charge in [0.2, 0.25) is 0 Å². The van der Waals surface area contributed by atoms with Crippen molar-refractivity contribution in [2.45, 2.75) is 4.21 Å². The molecule has 124 valence electrons. The molecule has 0 bridgehead atoms. The molecule has 9 heteroatoms. The second kappa shape index (κ2) is 7.51. The average molecular weight is 347 g/mol. The number of amides is 1. The first-order valence-electron chi connectivity index (χ1n) is 7.03. The number of likely N-dealkylation sites (N-methyl/N-ethyl adjacent to an activating group) is 2. The lowest BCUT2D eigenvalue weighted by Crippen LogP contribution is -2.40. The molecule has 0 spiro atoms. The van der Waals surface area contributed by atoms with E-state index in [2.05, 4.69) is 5.32 Å². The lowest BCUT2D eigenvalue weighted by atomic mass is 10.3. The van der Waals surface area contributed by atoms with E-state index in [4.69, 9.17) is 4.74 Å². The van der Waals surface area contributed by atoms with Gasteiger partial charge in [-0.25, -0.2) is 8.42 Å². The largest absolute Gasteiger partial charge is 0.379 e. The topological polar surface area (TPSA) is 79.0 Å². The molecule has 0 aliphatic carbocycles. The SMILES string of the molecule is CNCCN(C)C(=O)c1csc(S(=O)(=O)N2CCOCC2)c1. The van der Waals surface area contributed by atoms with Crippen molar-refractivity contribution < 1.29 is 17.9 Å². The summed E-state index contributed by atoms with van der Waals surface area (Å²) in [6.07, 6.45) is 0. The van der Waals surface area contributed by atoms with Crippen LogP contribution in [-0.4, -0.2) is 77.0 Å². The summed E-state index contributed by atoms with van der Waals surface area (Å²) >= 11 is 1.09. The molecule has 1 amide bonds. The third-order valence-corrected chi connectivity index (χ3v) is 6.74. The summed E-state index contributed by atoms with van der Waals surface area (Å²) in [5.41, 5.74) is 0.412. The van der Waals surface area contributed by atoms with E-state index >= 15 is 0 Å². The van der Waals surface area contributed by atoms with Gasteiger partial charge in [-0.15, -0.1) is 11.3 Å². The van der Waals surface area contributed by atoms with Crippen molar-refractivity contribution >= 4 is 27.3 Å². The molecule has 0 radical (unpaired) electrons. The summed E-state index contributed by atoms with van der Waals surface area (Å²) in [6, 6.07) is 1.47. The first-order chi connectivity index (χ1) is 10.5. The van der Waals surface area contributed by atoms with Gasteiger partial charge in [0.05, 0.1) is 18.8 Å².